The predicted molar refractivity (Wildman–Crippen MR) is 84.2 cm³/mol. The normalized spacial score (nSPS) is 11.0. The lowest BCUT2D eigenvalue weighted by Crippen LogP contribution is -2.34. The summed E-state index contributed by atoms with van der Waals surface area (Å²) in [5.41, 5.74) is -0.112. The van der Waals surface area contributed by atoms with Crippen LogP contribution < -0.4 is 10.1 Å². The molecule has 0 spiro atoms. The third-order valence-corrected chi connectivity index (χ3v) is 3.53. The van der Waals surface area contributed by atoms with E-state index in [0.717, 1.165) is 11.8 Å². The molecule has 0 fully saturated rings. The number of ether oxygens (including phenoxy) is 1. The molecule has 0 aliphatic rings. The van der Waals surface area contributed by atoms with E-state index in [0.29, 0.717) is 6.54 Å². The maximum Gasteiger partial charge on any atom is 0.311 e. The Hall–Kier alpha value is -1.63. The molecule has 0 saturated carbocycles. The number of halogens is 1. The molecule has 1 rings (SSSR count). The summed E-state index contributed by atoms with van der Waals surface area (Å²) >= 11 is 3.38. The molecule has 1 aromatic rings. The number of carbonyl (C=O) groups excluding carboxylic acids is 1. The van der Waals surface area contributed by atoms with Gasteiger partial charge in [-0.15, -0.1) is 0 Å². The quantitative estimate of drug-likeness (QED) is 0.461. The van der Waals surface area contributed by atoms with Crippen LogP contribution in [0.15, 0.2) is 18.2 Å². The molecule has 1 amide bonds. The number of methoxy groups -OCH3 is 1. The topological polar surface area (TPSA) is 81.5 Å². The Morgan fingerprint density at radius 2 is 2.14 bits per heavy atom. The molecule has 0 heterocycles. The smallest absolute Gasteiger partial charge is 0.311 e. The highest BCUT2D eigenvalue weighted by atomic mass is 79.9. The highest BCUT2D eigenvalue weighted by Crippen LogP contribution is 2.30. The first kappa shape index (κ1) is 17.4. The fraction of sp³-hybridized carbons (Fsp3) is 0.500. The van der Waals surface area contributed by atoms with E-state index >= 15 is 0 Å². The fourth-order valence-corrected chi connectivity index (χ4v) is 2.89. The first-order valence-electron chi connectivity index (χ1n) is 6.48. The Morgan fingerprint density at radius 3 is 2.67 bits per heavy atom. The van der Waals surface area contributed by atoms with Crippen LogP contribution in [0, 0.1) is 15.5 Å². The second-order valence-electron chi connectivity index (χ2n) is 5.40. The summed E-state index contributed by atoms with van der Waals surface area (Å²) in [6, 6.07) is 4.29. The maximum absolute atomic E-state index is 12.2. The van der Waals surface area contributed by atoms with Crippen molar-refractivity contribution >= 4 is 27.5 Å². The van der Waals surface area contributed by atoms with Crippen molar-refractivity contribution in [1.29, 1.82) is 0 Å². The molecule has 0 bridgehead atoms. The zero-order valence-corrected chi connectivity index (χ0v) is 13.9. The average Bonchev–Trinajstić information content (AvgIpc) is 2.43. The minimum atomic E-state index is -0.565. The van der Waals surface area contributed by atoms with E-state index in [-0.39, 0.29) is 28.3 Å². The van der Waals surface area contributed by atoms with Gasteiger partial charge in [-0.25, -0.2) is 0 Å². The number of nitrogens with one attached hydrogen (secondary N) is 1. The van der Waals surface area contributed by atoms with Gasteiger partial charge >= 0.3 is 5.69 Å². The van der Waals surface area contributed by atoms with Crippen molar-refractivity contribution in [2.45, 2.75) is 20.3 Å². The van der Waals surface area contributed by atoms with Gasteiger partial charge < -0.3 is 10.1 Å². The van der Waals surface area contributed by atoms with Gasteiger partial charge in [-0.2, -0.15) is 0 Å². The minimum absolute atomic E-state index is 0.0155. The number of rotatable bonds is 7. The van der Waals surface area contributed by atoms with Gasteiger partial charge in [0.05, 0.1) is 17.6 Å². The van der Waals surface area contributed by atoms with Crippen LogP contribution in [0.1, 0.15) is 30.6 Å². The molecule has 0 atom stereocenters. The summed E-state index contributed by atoms with van der Waals surface area (Å²) in [4.78, 5) is 22.6. The molecule has 21 heavy (non-hydrogen) atoms. The fourth-order valence-electron chi connectivity index (χ4n) is 1.82. The summed E-state index contributed by atoms with van der Waals surface area (Å²) in [6.45, 7) is 4.56. The van der Waals surface area contributed by atoms with E-state index in [9.17, 15) is 14.9 Å². The zero-order valence-electron chi connectivity index (χ0n) is 12.3. The Kier molecular flexibility index (Phi) is 6.14. The lowest BCUT2D eigenvalue weighted by Gasteiger charge is -2.24. The van der Waals surface area contributed by atoms with Crippen LogP contribution in [0.25, 0.3) is 0 Å². The molecule has 0 radical (unpaired) electrons. The molecule has 116 valence electrons. The van der Waals surface area contributed by atoms with Crippen LogP contribution in [-0.2, 0) is 0 Å². The Morgan fingerprint density at radius 1 is 1.48 bits per heavy atom. The van der Waals surface area contributed by atoms with E-state index in [1.54, 1.807) is 0 Å². The maximum atomic E-state index is 12.2. The summed E-state index contributed by atoms with van der Waals surface area (Å²) in [5, 5.41) is 14.6. The van der Waals surface area contributed by atoms with Gasteiger partial charge in [0, 0.05) is 17.9 Å². The predicted octanol–water partition coefficient (Wildman–Crippen LogP) is 3.14. The molecule has 7 heteroatoms. The Bertz CT molecular complexity index is 532. The van der Waals surface area contributed by atoms with Crippen molar-refractivity contribution in [2.24, 2.45) is 5.41 Å². The molecule has 0 aliphatic carbocycles. The van der Waals surface area contributed by atoms with Gasteiger partial charge in [-0.05, 0) is 17.9 Å². The molecule has 6 nitrogen and oxygen atoms in total. The molecule has 0 aromatic heterocycles. The molecule has 1 N–H and O–H groups in total. The summed E-state index contributed by atoms with van der Waals surface area (Å²) in [6.07, 6.45) is 0.902. The number of nitrogens with zero attached hydrogens (tertiary/aromatic N) is 1. The van der Waals surface area contributed by atoms with E-state index in [1.165, 1.54) is 25.3 Å². The average molecular weight is 359 g/mol. The van der Waals surface area contributed by atoms with Crippen molar-refractivity contribution in [3.63, 3.8) is 0 Å². The number of hydrogen-bond acceptors (Lipinski definition) is 4. The Balaban J connectivity index is 2.93. The van der Waals surface area contributed by atoms with Gasteiger partial charge in [0.1, 0.15) is 0 Å². The summed E-state index contributed by atoms with van der Waals surface area (Å²) < 4.78 is 5.03. The van der Waals surface area contributed by atoms with Crippen LogP contribution in [-0.4, -0.2) is 29.8 Å². The summed E-state index contributed by atoms with van der Waals surface area (Å²) in [7, 11) is 1.31. The third kappa shape index (κ3) is 4.70. The Labute approximate surface area is 132 Å². The first-order chi connectivity index (χ1) is 9.82. The van der Waals surface area contributed by atoms with Crippen molar-refractivity contribution in [3.8, 4) is 5.75 Å². The minimum Gasteiger partial charge on any atom is -0.490 e. The largest absolute Gasteiger partial charge is 0.490 e. The van der Waals surface area contributed by atoms with Gasteiger partial charge in [-0.1, -0.05) is 35.8 Å². The lowest BCUT2D eigenvalue weighted by atomic mass is 9.90. The van der Waals surface area contributed by atoms with Crippen LogP contribution in [0.3, 0.4) is 0 Å². The first-order valence-corrected chi connectivity index (χ1v) is 7.60. The van der Waals surface area contributed by atoms with Crippen LogP contribution >= 0.6 is 15.9 Å². The monoisotopic (exact) mass is 358 g/mol. The number of nitro groups is 1. The highest BCUT2D eigenvalue weighted by molar-refractivity contribution is 9.09. The third-order valence-electron chi connectivity index (χ3n) is 3.14. The van der Waals surface area contributed by atoms with E-state index in [2.05, 4.69) is 21.2 Å². The highest BCUT2D eigenvalue weighted by Gasteiger charge is 2.24. The number of para-hydroxylation sites is 1. The second kappa shape index (κ2) is 7.40. The van der Waals surface area contributed by atoms with E-state index < -0.39 is 4.92 Å². The van der Waals surface area contributed by atoms with Gasteiger partial charge in [-0.3, -0.25) is 14.9 Å². The van der Waals surface area contributed by atoms with Gasteiger partial charge in [0.2, 0.25) is 5.75 Å². The molecule has 0 saturated heterocycles. The van der Waals surface area contributed by atoms with Crippen LogP contribution in [0.2, 0.25) is 0 Å². The van der Waals surface area contributed by atoms with Crippen molar-refractivity contribution in [1.82, 2.24) is 5.32 Å². The zero-order chi connectivity index (χ0) is 16.0. The number of nitro benzene ring substituents is 1. The SMILES string of the molecule is COc1c(C(=O)NCC(C)(C)CCBr)cccc1[N+](=O)[O-]. The van der Waals surface area contributed by atoms with Gasteiger partial charge in [0.25, 0.3) is 5.91 Å². The number of hydrogen-bond donors (Lipinski definition) is 1. The lowest BCUT2D eigenvalue weighted by molar-refractivity contribution is -0.385. The van der Waals surface area contributed by atoms with Crippen molar-refractivity contribution < 1.29 is 14.5 Å². The van der Waals surface area contributed by atoms with Crippen molar-refractivity contribution in [3.05, 3.63) is 33.9 Å². The number of alkyl halides is 1. The number of amides is 1. The molecular weight excluding hydrogens is 340 g/mol. The van der Waals surface area contributed by atoms with E-state index in [1.807, 2.05) is 13.8 Å². The van der Waals surface area contributed by atoms with E-state index in [4.69, 9.17) is 4.74 Å². The van der Waals surface area contributed by atoms with Gasteiger partial charge in [0.15, 0.2) is 0 Å². The van der Waals surface area contributed by atoms with Crippen molar-refractivity contribution in [2.75, 3.05) is 19.0 Å². The molecule has 0 aliphatic heterocycles. The molecular formula is C14H19BrN2O4. The number of benzene rings is 1. The van der Waals surface area contributed by atoms with Crippen LogP contribution in [0.5, 0.6) is 5.75 Å². The van der Waals surface area contributed by atoms with Crippen LogP contribution in [0.4, 0.5) is 5.69 Å². The molecule has 1 aromatic carbocycles. The second-order valence-corrected chi connectivity index (χ2v) is 6.19. The molecule has 0 unspecified atom stereocenters. The standard InChI is InChI=1S/C14H19BrN2O4/c1-14(2,7-8-15)9-16-13(18)10-5-4-6-11(17(19)20)12(10)21-3/h4-6H,7-9H2,1-3H3,(H,16,18). The summed E-state index contributed by atoms with van der Waals surface area (Å²) in [5.74, 6) is -0.392. The number of carbonyl (C=O) groups is 1.